The van der Waals surface area contributed by atoms with Gasteiger partial charge in [0.25, 0.3) is 5.91 Å². The van der Waals surface area contributed by atoms with Gasteiger partial charge in [-0.25, -0.2) is 0 Å². The molecule has 0 unspecified atom stereocenters. The fraction of sp³-hybridized carbons (Fsp3) is 0.500. The summed E-state index contributed by atoms with van der Waals surface area (Å²) in [6, 6.07) is 11.9. The zero-order valence-corrected chi connectivity index (χ0v) is 16.2. The van der Waals surface area contributed by atoms with Crippen molar-refractivity contribution in [3.05, 3.63) is 36.4 Å². The van der Waals surface area contributed by atoms with Gasteiger partial charge in [0.2, 0.25) is 0 Å². The zero-order chi connectivity index (χ0) is 18.7. The van der Waals surface area contributed by atoms with Gasteiger partial charge in [-0.2, -0.15) is 0 Å². The topological polar surface area (TPSA) is 47.6 Å². The molecule has 2 atom stereocenters. The SMILES string of the molecule is CCO[C@](C)(C(=O)Nc1ccc(O[C@H](C)CC)c2ccccc12)C1CC1. The van der Waals surface area contributed by atoms with E-state index in [1.165, 1.54) is 0 Å². The van der Waals surface area contributed by atoms with Crippen LogP contribution in [0.15, 0.2) is 36.4 Å². The molecular weight excluding hydrogens is 326 g/mol. The number of carbonyl (C=O) groups is 1. The van der Waals surface area contributed by atoms with E-state index in [0.717, 1.165) is 41.5 Å². The first-order valence-corrected chi connectivity index (χ1v) is 9.63. The first kappa shape index (κ1) is 18.7. The van der Waals surface area contributed by atoms with E-state index in [4.69, 9.17) is 9.47 Å². The predicted octanol–water partition coefficient (Wildman–Crippen LogP) is 5.16. The molecule has 1 aliphatic carbocycles. The van der Waals surface area contributed by atoms with E-state index in [1.807, 2.05) is 50.2 Å². The molecule has 0 aliphatic heterocycles. The smallest absolute Gasteiger partial charge is 0.256 e. The van der Waals surface area contributed by atoms with E-state index < -0.39 is 5.60 Å². The monoisotopic (exact) mass is 355 g/mol. The lowest BCUT2D eigenvalue weighted by Gasteiger charge is -2.28. The summed E-state index contributed by atoms with van der Waals surface area (Å²) >= 11 is 0. The van der Waals surface area contributed by atoms with Gasteiger partial charge in [0, 0.05) is 23.1 Å². The zero-order valence-electron chi connectivity index (χ0n) is 16.2. The van der Waals surface area contributed by atoms with Crippen LogP contribution in [0.2, 0.25) is 0 Å². The minimum absolute atomic E-state index is 0.0670. The molecule has 140 valence electrons. The Hall–Kier alpha value is -2.07. The molecule has 1 aliphatic rings. The van der Waals surface area contributed by atoms with Crippen LogP contribution in [0.25, 0.3) is 10.8 Å². The summed E-state index contributed by atoms with van der Waals surface area (Å²) in [6.07, 6.45) is 3.19. The Labute approximate surface area is 155 Å². The van der Waals surface area contributed by atoms with Gasteiger partial charge in [0.1, 0.15) is 11.4 Å². The van der Waals surface area contributed by atoms with E-state index in [9.17, 15) is 4.79 Å². The quantitative estimate of drug-likeness (QED) is 0.711. The first-order valence-electron chi connectivity index (χ1n) is 9.63. The van der Waals surface area contributed by atoms with Crippen molar-refractivity contribution in [2.45, 2.75) is 58.7 Å². The molecule has 2 aromatic rings. The number of fused-ring (bicyclic) bond motifs is 1. The maximum Gasteiger partial charge on any atom is 0.256 e. The molecule has 1 amide bonds. The number of rotatable bonds is 8. The maximum atomic E-state index is 13.0. The average Bonchev–Trinajstić information content (AvgIpc) is 3.49. The molecule has 1 fully saturated rings. The van der Waals surface area contributed by atoms with Crippen molar-refractivity contribution in [1.29, 1.82) is 0 Å². The number of nitrogens with one attached hydrogen (secondary N) is 1. The second-order valence-corrected chi connectivity index (χ2v) is 7.26. The standard InChI is InChI=1S/C22H29NO3/c1-5-15(3)26-20-14-13-19(17-9-7-8-10-18(17)20)23-21(24)22(4,25-6-2)16-11-12-16/h7-10,13-16H,5-6,11-12H2,1-4H3,(H,23,24)/t15-,22+/m1/s1. The van der Waals surface area contributed by atoms with Crippen LogP contribution in [0.4, 0.5) is 5.69 Å². The first-order chi connectivity index (χ1) is 12.5. The Bertz CT molecular complexity index is 784. The predicted molar refractivity (Wildman–Crippen MR) is 106 cm³/mol. The van der Waals surface area contributed by atoms with Crippen molar-refractivity contribution in [3.8, 4) is 5.75 Å². The minimum atomic E-state index is -0.762. The summed E-state index contributed by atoms with van der Waals surface area (Å²) in [5, 5.41) is 5.10. The second-order valence-electron chi connectivity index (χ2n) is 7.26. The molecule has 0 saturated heterocycles. The number of anilines is 1. The highest BCUT2D eigenvalue weighted by atomic mass is 16.5. The lowest BCUT2D eigenvalue weighted by atomic mass is 9.98. The highest BCUT2D eigenvalue weighted by molar-refractivity contribution is 6.06. The third-order valence-electron chi connectivity index (χ3n) is 5.29. The lowest BCUT2D eigenvalue weighted by molar-refractivity contribution is -0.141. The van der Waals surface area contributed by atoms with Crippen LogP contribution in [-0.4, -0.2) is 24.2 Å². The van der Waals surface area contributed by atoms with Crippen molar-refractivity contribution in [2.24, 2.45) is 5.92 Å². The fourth-order valence-electron chi connectivity index (χ4n) is 3.33. The van der Waals surface area contributed by atoms with Crippen molar-refractivity contribution < 1.29 is 14.3 Å². The van der Waals surface area contributed by atoms with E-state index in [0.29, 0.717) is 12.5 Å². The summed E-state index contributed by atoms with van der Waals surface area (Å²) in [4.78, 5) is 13.0. The molecule has 4 nitrogen and oxygen atoms in total. The van der Waals surface area contributed by atoms with E-state index in [2.05, 4.69) is 19.2 Å². The van der Waals surface area contributed by atoms with Crippen LogP contribution in [0, 0.1) is 5.92 Å². The number of benzene rings is 2. The van der Waals surface area contributed by atoms with Gasteiger partial charge < -0.3 is 14.8 Å². The molecule has 0 radical (unpaired) electrons. The molecule has 0 heterocycles. The number of ether oxygens (including phenoxy) is 2. The van der Waals surface area contributed by atoms with Gasteiger partial charge in [0.05, 0.1) is 6.10 Å². The molecule has 0 bridgehead atoms. The van der Waals surface area contributed by atoms with Crippen molar-refractivity contribution in [2.75, 3.05) is 11.9 Å². The largest absolute Gasteiger partial charge is 0.490 e. The Balaban J connectivity index is 1.91. The Kier molecular flexibility index (Phi) is 5.52. The van der Waals surface area contributed by atoms with Crippen LogP contribution in [-0.2, 0) is 9.53 Å². The summed E-state index contributed by atoms with van der Waals surface area (Å²) in [5.41, 5.74) is 0.0376. The summed E-state index contributed by atoms with van der Waals surface area (Å²) in [7, 11) is 0. The third-order valence-corrected chi connectivity index (χ3v) is 5.29. The summed E-state index contributed by atoms with van der Waals surface area (Å²) < 4.78 is 11.9. The fourth-order valence-corrected chi connectivity index (χ4v) is 3.33. The number of amides is 1. The number of hydrogen-bond donors (Lipinski definition) is 1. The van der Waals surface area contributed by atoms with Crippen LogP contribution in [0.1, 0.15) is 47.0 Å². The molecule has 4 heteroatoms. The van der Waals surface area contributed by atoms with Gasteiger partial charge in [-0.05, 0) is 58.1 Å². The lowest BCUT2D eigenvalue weighted by Crippen LogP contribution is -2.44. The van der Waals surface area contributed by atoms with E-state index >= 15 is 0 Å². The number of carbonyl (C=O) groups excluding carboxylic acids is 1. The molecule has 3 rings (SSSR count). The molecule has 0 spiro atoms. The average molecular weight is 355 g/mol. The van der Waals surface area contributed by atoms with Crippen LogP contribution >= 0.6 is 0 Å². The Morgan fingerprint density at radius 1 is 1.19 bits per heavy atom. The molecule has 0 aromatic heterocycles. The van der Waals surface area contributed by atoms with Gasteiger partial charge >= 0.3 is 0 Å². The normalized spacial score (nSPS) is 17.5. The van der Waals surface area contributed by atoms with Crippen molar-refractivity contribution in [1.82, 2.24) is 0 Å². The minimum Gasteiger partial charge on any atom is -0.490 e. The molecule has 1 saturated carbocycles. The second kappa shape index (κ2) is 7.67. The van der Waals surface area contributed by atoms with Crippen LogP contribution in [0.5, 0.6) is 5.75 Å². The number of hydrogen-bond acceptors (Lipinski definition) is 3. The Morgan fingerprint density at radius 2 is 1.88 bits per heavy atom. The van der Waals surface area contributed by atoms with Gasteiger partial charge in [-0.3, -0.25) is 4.79 Å². The maximum absolute atomic E-state index is 13.0. The third kappa shape index (κ3) is 3.70. The molecule has 2 aromatic carbocycles. The van der Waals surface area contributed by atoms with Gasteiger partial charge in [-0.15, -0.1) is 0 Å². The Morgan fingerprint density at radius 3 is 2.50 bits per heavy atom. The summed E-state index contributed by atoms with van der Waals surface area (Å²) in [5.74, 6) is 1.09. The van der Waals surface area contributed by atoms with Crippen molar-refractivity contribution in [3.63, 3.8) is 0 Å². The summed E-state index contributed by atoms with van der Waals surface area (Å²) in [6.45, 7) is 8.54. The highest BCUT2D eigenvalue weighted by Gasteiger charge is 2.48. The van der Waals surface area contributed by atoms with Crippen LogP contribution < -0.4 is 10.1 Å². The molecule has 26 heavy (non-hydrogen) atoms. The van der Waals surface area contributed by atoms with Gasteiger partial charge in [0.15, 0.2) is 0 Å². The van der Waals surface area contributed by atoms with E-state index in [-0.39, 0.29) is 12.0 Å². The highest BCUT2D eigenvalue weighted by Crippen LogP contribution is 2.43. The van der Waals surface area contributed by atoms with Crippen LogP contribution in [0.3, 0.4) is 0 Å². The van der Waals surface area contributed by atoms with Gasteiger partial charge in [-0.1, -0.05) is 31.2 Å². The molecule has 1 N–H and O–H groups in total. The molecular formula is C22H29NO3. The van der Waals surface area contributed by atoms with E-state index in [1.54, 1.807) is 0 Å². The van der Waals surface area contributed by atoms with Crippen molar-refractivity contribution >= 4 is 22.4 Å².